The maximum Gasteiger partial charge on any atom is 0.410 e. The summed E-state index contributed by atoms with van der Waals surface area (Å²) in [6.45, 7) is 1.61. The number of rotatable bonds is 7. The molecule has 2 aromatic carbocycles. The number of para-hydroxylation sites is 1. The number of aliphatic hydroxyl groups is 1. The van der Waals surface area contributed by atoms with Crippen LogP contribution in [0.2, 0.25) is 0 Å². The molecule has 33 heavy (non-hydrogen) atoms. The number of nitrogens with zero attached hydrogens (tertiary/aromatic N) is 1. The molecule has 0 bridgehead atoms. The Morgan fingerprint density at radius 3 is 2.52 bits per heavy atom. The third kappa shape index (κ3) is 5.11. The minimum Gasteiger partial charge on any atom is -0.515 e. The molecule has 2 atom stereocenters. The molecule has 0 radical (unpaired) electrons. The Morgan fingerprint density at radius 2 is 1.94 bits per heavy atom. The largest absolute Gasteiger partial charge is 0.515 e. The second-order valence-corrected chi connectivity index (χ2v) is 7.46. The van der Waals surface area contributed by atoms with Gasteiger partial charge in [0.2, 0.25) is 0 Å². The van der Waals surface area contributed by atoms with E-state index in [2.05, 4.69) is 10.7 Å². The average Bonchev–Trinajstić information content (AvgIpc) is 3.13. The molecule has 7 nitrogen and oxygen atoms in total. The van der Waals surface area contributed by atoms with E-state index in [0.717, 1.165) is 10.6 Å². The second kappa shape index (κ2) is 9.95. The molecule has 0 saturated carbocycles. The molecule has 2 aromatic rings. The van der Waals surface area contributed by atoms with Crippen molar-refractivity contribution >= 4 is 11.7 Å². The molecule has 1 heterocycles. The van der Waals surface area contributed by atoms with Crippen LogP contribution in [0.5, 0.6) is 5.75 Å². The van der Waals surface area contributed by atoms with Gasteiger partial charge in [-0.15, -0.1) is 0 Å². The maximum atomic E-state index is 13.4. The van der Waals surface area contributed by atoms with Gasteiger partial charge in [0.25, 0.3) is 5.91 Å². The van der Waals surface area contributed by atoms with Gasteiger partial charge in [0.05, 0.1) is 30.6 Å². The number of methoxy groups -OCH3 is 1. The molecule has 2 unspecified atom stereocenters. The van der Waals surface area contributed by atoms with Crippen LogP contribution < -0.4 is 15.5 Å². The lowest BCUT2D eigenvalue weighted by Gasteiger charge is -2.30. The average molecular weight is 462 g/mol. The van der Waals surface area contributed by atoms with Gasteiger partial charge in [-0.1, -0.05) is 43.3 Å². The van der Waals surface area contributed by atoms with Crippen molar-refractivity contribution in [3.05, 3.63) is 77.1 Å². The van der Waals surface area contributed by atoms with Gasteiger partial charge in [0.15, 0.2) is 0 Å². The van der Waals surface area contributed by atoms with Crippen molar-refractivity contribution < 1.29 is 27.8 Å². The van der Waals surface area contributed by atoms with E-state index in [1.165, 1.54) is 14.0 Å². The van der Waals surface area contributed by atoms with E-state index in [-0.39, 0.29) is 24.4 Å². The van der Waals surface area contributed by atoms with Crippen LogP contribution >= 0.6 is 0 Å². The standard InChI is InChI=1S/C23H25F3N4O3/c1-3-19(23(24,25)26)30-21(27)17(13-31)20(29-30)15-10-8-14(9-11-15)12-28-22(32)16-6-4-5-7-18(16)33-2/h4-11,13,19-20,27,29,31H,3,12H2,1-2H3,(H,28,32). The normalized spacial score (nSPS) is 18.5. The van der Waals surface area contributed by atoms with Crippen LogP contribution in [0, 0.1) is 5.41 Å². The van der Waals surface area contributed by atoms with Gasteiger partial charge in [0, 0.05) is 6.54 Å². The fraction of sp³-hybridized carbons (Fsp3) is 0.304. The smallest absolute Gasteiger partial charge is 0.410 e. The lowest BCUT2D eigenvalue weighted by molar-refractivity contribution is -0.179. The maximum absolute atomic E-state index is 13.4. The Kier molecular flexibility index (Phi) is 7.27. The minimum atomic E-state index is -4.53. The first-order valence-electron chi connectivity index (χ1n) is 10.3. The summed E-state index contributed by atoms with van der Waals surface area (Å²) in [5.74, 6) is -0.279. The van der Waals surface area contributed by atoms with Crippen LogP contribution in [0.3, 0.4) is 0 Å². The lowest BCUT2D eigenvalue weighted by atomic mass is 9.99. The summed E-state index contributed by atoms with van der Waals surface area (Å²) in [4.78, 5) is 12.4. The van der Waals surface area contributed by atoms with Gasteiger partial charge in [-0.05, 0) is 29.7 Å². The zero-order chi connectivity index (χ0) is 24.2. The fourth-order valence-electron chi connectivity index (χ4n) is 3.68. The number of halogens is 3. The number of hydrazine groups is 1. The van der Waals surface area contributed by atoms with Crippen LogP contribution in [0.4, 0.5) is 13.2 Å². The predicted molar refractivity (Wildman–Crippen MR) is 117 cm³/mol. The van der Waals surface area contributed by atoms with Crippen LogP contribution in [-0.2, 0) is 6.54 Å². The highest BCUT2D eigenvalue weighted by molar-refractivity contribution is 5.99. The van der Waals surface area contributed by atoms with E-state index in [4.69, 9.17) is 10.1 Å². The van der Waals surface area contributed by atoms with E-state index in [1.54, 1.807) is 48.5 Å². The first-order chi connectivity index (χ1) is 15.7. The van der Waals surface area contributed by atoms with E-state index >= 15 is 0 Å². The van der Waals surface area contributed by atoms with Crippen LogP contribution in [0.25, 0.3) is 0 Å². The van der Waals surface area contributed by atoms with Crippen molar-refractivity contribution in [3.8, 4) is 5.75 Å². The molecule has 0 aromatic heterocycles. The van der Waals surface area contributed by atoms with Crippen LogP contribution in [0.15, 0.2) is 60.4 Å². The Balaban J connectivity index is 1.71. The summed E-state index contributed by atoms with van der Waals surface area (Å²) < 4.78 is 45.3. The van der Waals surface area contributed by atoms with Gasteiger partial charge < -0.3 is 15.2 Å². The van der Waals surface area contributed by atoms with Crippen molar-refractivity contribution in [2.75, 3.05) is 7.11 Å². The molecule has 1 fully saturated rings. The Hall–Kier alpha value is -3.53. The molecule has 0 aliphatic carbocycles. The molecule has 10 heteroatoms. The quantitative estimate of drug-likeness (QED) is 0.462. The van der Waals surface area contributed by atoms with E-state index in [0.29, 0.717) is 23.1 Å². The summed E-state index contributed by atoms with van der Waals surface area (Å²) in [6, 6.07) is 10.9. The molecule has 1 aliphatic heterocycles. The van der Waals surface area contributed by atoms with Gasteiger partial charge in [-0.25, -0.2) is 5.43 Å². The Labute approximate surface area is 189 Å². The SMILES string of the molecule is CCC(N1NC(c2ccc(CNC(=O)c3ccccc3OC)cc2)C(=CO)C1=N)C(F)(F)F. The number of amides is 1. The molecule has 3 rings (SSSR count). The number of alkyl halides is 3. The molecule has 4 N–H and O–H groups in total. The summed E-state index contributed by atoms with van der Waals surface area (Å²) in [5.41, 5.74) is 4.47. The summed E-state index contributed by atoms with van der Waals surface area (Å²) in [7, 11) is 1.48. The van der Waals surface area contributed by atoms with Crippen LogP contribution in [0.1, 0.15) is 40.9 Å². The number of benzene rings is 2. The summed E-state index contributed by atoms with van der Waals surface area (Å²) in [5, 5.41) is 21.2. The van der Waals surface area contributed by atoms with Crippen molar-refractivity contribution in [1.29, 1.82) is 5.41 Å². The highest BCUT2D eigenvalue weighted by Crippen LogP contribution is 2.35. The van der Waals surface area contributed by atoms with Crippen molar-refractivity contribution in [2.45, 2.75) is 38.1 Å². The highest BCUT2D eigenvalue weighted by Gasteiger charge is 2.48. The van der Waals surface area contributed by atoms with Crippen molar-refractivity contribution in [2.24, 2.45) is 0 Å². The first-order valence-corrected chi connectivity index (χ1v) is 10.3. The van der Waals surface area contributed by atoms with Gasteiger partial charge >= 0.3 is 6.18 Å². The topological polar surface area (TPSA) is 97.7 Å². The zero-order valence-electron chi connectivity index (χ0n) is 18.1. The number of aliphatic hydroxyl groups excluding tert-OH is 1. The number of nitrogens with one attached hydrogen (secondary N) is 3. The van der Waals surface area contributed by atoms with Crippen molar-refractivity contribution in [3.63, 3.8) is 0 Å². The van der Waals surface area contributed by atoms with Gasteiger partial charge in [-0.2, -0.15) is 13.2 Å². The molecule has 0 spiro atoms. The monoisotopic (exact) mass is 462 g/mol. The highest BCUT2D eigenvalue weighted by atomic mass is 19.4. The zero-order valence-corrected chi connectivity index (χ0v) is 18.1. The lowest BCUT2D eigenvalue weighted by Crippen LogP contribution is -2.50. The second-order valence-electron chi connectivity index (χ2n) is 7.46. The number of ether oxygens (including phenoxy) is 1. The summed E-state index contributed by atoms with van der Waals surface area (Å²) in [6.07, 6.45) is -4.13. The van der Waals surface area contributed by atoms with E-state index < -0.39 is 24.1 Å². The molecular formula is C23H25F3N4O3. The summed E-state index contributed by atoms with van der Waals surface area (Å²) >= 11 is 0. The number of hydrogen-bond acceptors (Lipinski definition) is 5. The Bertz CT molecular complexity index is 1040. The first kappa shape index (κ1) is 24.1. The van der Waals surface area contributed by atoms with Crippen LogP contribution in [-0.4, -0.2) is 41.2 Å². The predicted octanol–water partition coefficient (Wildman–Crippen LogP) is 4.25. The number of carbonyl (C=O) groups is 1. The molecule has 1 amide bonds. The minimum absolute atomic E-state index is 0.0370. The van der Waals surface area contributed by atoms with Gasteiger partial charge in [0.1, 0.15) is 17.6 Å². The third-order valence-corrected chi connectivity index (χ3v) is 5.43. The number of amidine groups is 1. The van der Waals surface area contributed by atoms with Crippen molar-refractivity contribution in [1.82, 2.24) is 15.8 Å². The van der Waals surface area contributed by atoms with E-state index in [1.807, 2.05) is 0 Å². The fourth-order valence-corrected chi connectivity index (χ4v) is 3.68. The molecule has 176 valence electrons. The van der Waals surface area contributed by atoms with Gasteiger partial charge in [-0.3, -0.25) is 15.2 Å². The Morgan fingerprint density at radius 1 is 1.27 bits per heavy atom. The number of carbonyl (C=O) groups excluding carboxylic acids is 1. The molecule has 1 saturated heterocycles. The van der Waals surface area contributed by atoms with E-state index in [9.17, 15) is 23.1 Å². The molecular weight excluding hydrogens is 437 g/mol. The third-order valence-electron chi connectivity index (χ3n) is 5.43. The molecule has 1 aliphatic rings. The number of hydrogen-bond donors (Lipinski definition) is 4.